The van der Waals surface area contributed by atoms with E-state index in [1.165, 1.54) is 0 Å². The Morgan fingerprint density at radius 2 is 1.64 bits per heavy atom. The average molecular weight is 290 g/mol. The van der Waals surface area contributed by atoms with Crippen LogP contribution in [0, 0.1) is 17.8 Å². The minimum Gasteiger partial charge on any atom is -0.396 e. The van der Waals surface area contributed by atoms with E-state index in [-0.39, 0.29) is 12.5 Å². The Bertz CT molecular complexity index is 632. The summed E-state index contributed by atoms with van der Waals surface area (Å²) in [4.78, 5) is 0. The topological polar surface area (TPSA) is 20.2 Å². The lowest BCUT2D eigenvalue weighted by molar-refractivity contribution is 0.278. The maximum Gasteiger partial charge on any atom is 0.0431 e. The molecule has 0 aliphatic heterocycles. The third-order valence-electron chi connectivity index (χ3n) is 3.58. The van der Waals surface area contributed by atoms with Crippen LogP contribution in [0.25, 0.3) is 5.57 Å². The van der Waals surface area contributed by atoms with Crippen LogP contribution in [-0.2, 0) is 0 Å². The molecule has 0 saturated carbocycles. The Balaban J connectivity index is 2.06. The van der Waals surface area contributed by atoms with E-state index in [4.69, 9.17) is 5.11 Å². The van der Waals surface area contributed by atoms with E-state index >= 15 is 0 Å². The maximum atomic E-state index is 9.08. The molecule has 0 heterocycles. The summed E-state index contributed by atoms with van der Waals surface area (Å²) in [6, 6.07) is 20.2. The van der Waals surface area contributed by atoms with E-state index in [2.05, 4.69) is 30.6 Å². The van der Waals surface area contributed by atoms with Gasteiger partial charge in [-0.05, 0) is 42.5 Å². The zero-order valence-electron chi connectivity index (χ0n) is 12.8. The molecule has 1 heteroatoms. The summed E-state index contributed by atoms with van der Waals surface area (Å²) in [7, 11) is 0. The molecular weight excluding hydrogens is 268 g/mol. The predicted molar refractivity (Wildman–Crippen MR) is 93.2 cm³/mol. The van der Waals surface area contributed by atoms with Crippen molar-refractivity contribution < 1.29 is 5.11 Å². The molecule has 0 radical (unpaired) electrons. The molecule has 1 unspecified atom stereocenters. The van der Waals surface area contributed by atoms with Gasteiger partial charge in [-0.25, -0.2) is 0 Å². The highest BCUT2D eigenvalue weighted by Gasteiger charge is 2.08. The first-order valence-corrected chi connectivity index (χ1v) is 7.70. The van der Waals surface area contributed by atoms with E-state index in [0.29, 0.717) is 0 Å². The van der Waals surface area contributed by atoms with Crippen LogP contribution in [0.4, 0.5) is 0 Å². The summed E-state index contributed by atoms with van der Waals surface area (Å²) in [6.07, 6.45) is 2.50. The van der Waals surface area contributed by atoms with Gasteiger partial charge in [-0.2, -0.15) is 0 Å². The van der Waals surface area contributed by atoms with Crippen molar-refractivity contribution in [2.75, 3.05) is 6.61 Å². The summed E-state index contributed by atoms with van der Waals surface area (Å²) in [5, 5.41) is 9.08. The molecule has 22 heavy (non-hydrogen) atoms. The van der Waals surface area contributed by atoms with Crippen LogP contribution in [0.2, 0.25) is 0 Å². The van der Waals surface area contributed by atoms with Gasteiger partial charge in [0, 0.05) is 18.1 Å². The number of aliphatic hydroxyl groups is 1. The molecule has 0 saturated heterocycles. The molecule has 1 atom stereocenters. The third kappa shape index (κ3) is 5.24. The molecule has 1 N–H and O–H groups in total. The summed E-state index contributed by atoms with van der Waals surface area (Å²) in [6.45, 7) is 4.41. The van der Waals surface area contributed by atoms with Gasteiger partial charge in [-0.1, -0.05) is 67.0 Å². The largest absolute Gasteiger partial charge is 0.396 e. The van der Waals surface area contributed by atoms with Gasteiger partial charge in [0.05, 0.1) is 0 Å². The van der Waals surface area contributed by atoms with Crippen molar-refractivity contribution in [2.45, 2.75) is 19.3 Å². The highest BCUT2D eigenvalue weighted by atomic mass is 16.2. The fraction of sp³-hybridized carbons (Fsp3) is 0.238. The van der Waals surface area contributed by atoms with Gasteiger partial charge >= 0.3 is 0 Å². The minimum absolute atomic E-state index is 0.210. The first-order chi connectivity index (χ1) is 10.8. The van der Waals surface area contributed by atoms with Gasteiger partial charge in [0.15, 0.2) is 0 Å². The Morgan fingerprint density at radius 3 is 2.27 bits per heavy atom. The summed E-state index contributed by atoms with van der Waals surface area (Å²) < 4.78 is 0. The molecule has 0 spiro atoms. The highest BCUT2D eigenvalue weighted by molar-refractivity contribution is 5.63. The van der Waals surface area contributed by atoms with Gasteiger partial charge in [0.25, 0.3) is 0 Å². The second kappa shape index (κ2) is 8.87. The molecule has 0 fully saturated rings. The molecule has 0 bridgehead atoms. The van der Waals surface area contributed by atoms with Crippen LogP contribution in [0.3, 0.4) is 0 Å². The van der Waals surface area contributed by atoms with Crippen LogP contribution in [0.5, 0.6) is 0 Å². The van der Waals surface area contributed by atoms with Crippen LogP contribution in [-0.4, -0.2) is 11.7 Å². The van der Waals surface area contributed by atoms with Gasteiger partial charge in [-0.15, -0.1) is 0 Å². The zero-order chi connectivity index (χ0) is 15.6. The van der Waals surface area contributed by atoms with Gasteiger partial charge in [-0.3, -0.25) is 0 Å². The van der Waals surface area contributed by atoms with E-state index in [9.17, 15) is 0 Å². The summed E-state index contributed by atoms with van der Waals surface area (Å²) >= 11 is 0. The third-order valence-corrected chi connectivity index (χ3v) is 3.58. The van der Waals surface area contributed by atoms with E-state index in [1.54, 1.807) is 0 Å². The van der Waals surface area contributed by atoms with Crippen LogP contribution in [0.1, 0.15) is 30.4 Å². The molecular formula is C21H22O. The number of hydrogen-bond donors (Lipinski definition) is 1. The predicted octanol–water partition coefficient (Wildman–Crippen LogP) is 4.53. The number of rotatable bonds is 6. The lowest BCUT2D eigenvalue weighted by atomic mass is 9.92. The quantitative estimate of drug-likeness (QED) is 0.775. The zero-order valence-corrected chi connectivity index (χ0v) is 12.8. The average Bonchev–Trinajstić information content (AvgIpc) is 2.59. The van der Waals surface area contributed by atoms with Gasteiger partial charge < -0.3 is 5.11 Å². The molecule has 0 amide bonds. The number of benzene rings is 2. The summed E-state index contributed by atoms with van der Waals surface area (Å²) in [5.41, 5.74) is 3.30. The minimum atomic E-state index is 0.210. The molecule has 2 rings (SSSR count). The van der Waals surface area contributed by atoms with Crippen molar-refractivity contribution in [2.24, 2.45) is 5.92 Å². The van der Waals surface area contributed by atoms with E-state index in [1.807, 2.05) is 48.5 Å². The molecule has 2 aromatic rings. The van der Waals surface area contributed by atoms with Crippen molar-refractivity contribution in [3.05, 3.63) is 78.4 Å². The van der Waals surface area contributed by atoms with Crippen molar-refractivity contribution in [1.82, 2.24) is 0 Å². The van der Waals surface area contributed by atoms with Crippen molar-refractivity contribution in [3.8, 4) is 11.8 Å². The fourth-order valence-electron chi connectivity index (χ4n) is 2.36. The second-order valence-corrected chi connectivity index (χ2v) is 5.37. The molecule has 2 aromatic carbocycles. The lowest BCUT2D eigenvalue weighted by Crippen LogP contribution is -2.01. The summed E-state index contributed by atoms with van der Waals surface area (Å²) in [5.74, 6) is 6.81. The Hall–Kier alpha value is -2.30. The van der Waals surface area contributed by atoms with Crippen molar-refractivity contribution in [3.63, 3.8) is 0 Å². The fourth-order valence-corrected chi connectivity index (χ4v) is 2.36. The normalized spacial score (nSPS) is 11.3. The van der Waals surface area contributed by atoms with E-state index < -0.39 is 0 Å². The van der Waals surface area contributed by atoms with Gasteiger partial charge in [0.2, 0.25) is 0 Å². The van der Waals surface area contributed by atoms with Crippen molar-refractivity contribution >= 4 is 5.57 Å². The first-order valence-electron chi connectivity index (χ1n) is 7.70. The highest BCUT2D eigenvalue weighted by Crippen LogP contribution is 2.23. The van der Waals surface area contributed by atoms with Crippen LogP contribution < -0.4 is 0 Å². The number of aliphatic hydroxyl groups excluding tert-OH is 1. The molecule has 1 nitrogen and oxygen atoms in total. The number of allylic oxidation sites excluding steroid dienone is 1. The molecule has 0 aliphatic rings. The Labute approximate surface area is 133 Å². The maximum absolute atomic E-state index is 9.08. The van der Waals surface area contributed by atoms with E-state index in [0.717, 1.165) is 36.0 Å². The second-order valence-electron chi connectivity index (χ2n) is 5.37. The molecule has 112 valence electrons. The Morgan fingerprint density at radius 1 is 1.00 bits per heavy atom. The first kappa shape index (κ1) is 16.1. The standard InChI is InChI=1S/C21H22O/c1-18(21-12-6-3-7-13-21)17-20(11-8-16-22)15-14-19-9-4-2-5-10-19/h2-7,9-10,12-13,20,22H,1,8,11,16-17H2. The SMILES string of the molecule is C=C(CC(C#Cc1ccccc1)CCCO)c1ccccc1. The smallest absolute Gasteiger partial charge is 0.0431 e. The number of hydrogen-bond acceptors (Lipinski definition) is 1. The Kier molecular flexibility index (Phi) is 6.48. The monoisotopic (exact) mass is 290 g/mol. The lowest BCUT2D eigenvalue weighted by Gasteiger charge is -2.12. The van der Waals surface area contributed by atoms with Crippen LogP contribution in [0.15, 0.2) is 67.2 Å². The van der Waals surface area contributed by atoms with Gasteiger partial charge in [0.1, 0.15) is 0 Å². The van der Waals surface area contributed by atoms with Crippen molar-refractivity contribution in [1.29, 1.82) is 0 Å². The molecule has 0 aliphatic carbocycles. The van der Waals surface area contributed by atoms with Crippen LogP contribution >= 0.6 is 0 Å². The molecule has 0 aromatic heterocycles.